The van der Waals surface area contributed by atoms with Crippen LogP contribution in [-0.2, 0) is 19.9 Å². The summed E-state index contributed by atoms with van der Waals surface area (Å²) in [5.41, 5.74) is 7.46. The molecule has 1 saturated heterocycles. The molecule has 0 spiro atoms. The predicted molar refractivity (Wildman–Crippen MR) is 125 cm³/mol. The maximum Gasteiger partial charge on any atom is 0.240 e. The highest BCUT2D eigenvalue weighted by Crippen LogP contribution is 2.42. The van der Waals surface area contributed by atoms with E-state index in [1.807, 2.05) is 0 Å². The first-order valence-electron chi connectivity index (χ1n) is 10.4. The van der Waals surface area contributed by atoms with Crippen molar-refractivity contribution in [3.8, 4) is 22.5 Å². The van der Waals surface area contributed by atoms with Gasteiger partial charge >= 0.3 is 0 Å². The maximum absolute atomic E-state index is 13.5. The van der Waals surface area contributed by atoms with E-state index in [0.717, 1.165) is 0 Å². The second kappa shape index (κ2) is 8.35. The van der Waals surface area contributed by atoms with Crippen LogP contribution in [-0.4, -0.2) is 88.9 Å². The van der Waals surface area contributed by atoms with Gasteiger partial charge in [0, 0.05) is 25.2 Å². The number of β-amino-alcohol motifs (C(OH)–C–C–N with tert-alkyl or cyclic N) is 1. The summed E-state index contributed by atoms with van der Waals surface area (Å²) in [7, 11) is -8.73. The maximum atomic E-state index is 13.5. The van der Waals surface area contributed by atoms with E-state index in [2.05, 4.69) is 30.6 Å². The van der Waals surface area contributed by atoms with Crippen molar-refractivity contribution in [3.63, 3.8) is 0 Å². The molecule has 184 valence electrons. The summed E-state index contributed by atoms with van der Waals surface area (Å²) in [6.07, 6.45) is 0. The number of aromatic nitrogens is 6. The average molecular weight is 520 g/mol. The zero-order chi connectivity index (χ0) is 25.0. The van der Waals surface area contributed by atoms with Crippen molar-refractivity contribution in [2.24, 2.45) is 5.14 Å². The molecule has 7 N–H and O–H groups in total. The van der Waals surface area contributed by atoms with Gasteiger partial charge in [0.15, 0.2) is 15.8 Å². The number of nitrogens with zero attached hydrogens (tertiary/aromatic N) is 5. The fourth-order valence-corrected chi connectivity index (χ4v) is 7.60. The number of fused-ring (bicyclic) bond motifs is 1. The summed E-state index contributed by atoms with van der Waals surface area (Å²) in [5, 5.41) is 27.4. The highest BCUT2D eigenvalue weighted by Gasteiger charge is 2.41. The monoisotopic (exact) mass is 519 g/mol. The molecule has 16 heteroatoms. The lowest BCUT2D eigenvalue weighted by Gasteiger charge is -2.38. The zero-order valence-corrected chi connectivity index (χ0v) is 19.7. The number of aliphatic hydroxyl groups excluding tert-OH is 1. The average Bonchev–Trinajstić information content (AvgIpc) is 3.42. The van der Waals surface area contributed by atoms with Gasteiger partial charge in [0.25, 0.3) is 0 Å². The molecular formula is C19H21N9O5S2. The third-order valence-electron chi connectivity index (χ3n) is 5.88. The number of rotatable bonds is 7. The van der Waals surface area contributed by atoms with Crippen LogP contribution < -0.4 is 10.9 Å². The number of sulfone groups is 1. The molecular weight excluding hydrogens is 498 g/mol. The molecule has 3 heterocycles. The Balaban J connectivity index is 1.79. The number of likely N-dealkylation sites (tertiary alicyclic amines) is 1. The first kappa shape index (κ1) is 23.3. The van der Waals surface area contributed by atoms with Crippen LogP contribution in [0.5, 0.6) is 0 Å². The number of H-pyrrole nitrogens is 2. The molecule has 4 aromatic rings. The van der Waals surface area contributed by atoms with Crippen molar-refractivity contribution in [1.82, 2.24) is 35.5 Å². The number of anilines is 1. The van der Waals surface area contributed by atoms with Crippen molar-refractivity contribution >= 4 is 36.8 Å². The number of tetrazole rings is 1. The number of para-hydroxylation sites is 1. The second-order valence-electron chi connectivity index (χ2n) is 8.07. The lowest BCUT2D eigenvalue weighted by Crippen LogP contribution is -2.55. The van der Waals surface area contributed by atoms with Crippen LogP contribution in [0.1, 0.15) is 0 Å². The molecule has 0 saturated carbocycles. The number of hydrogen-bond acceptors (Lipinski definition) is 11. The van der Waals surface area contributed by atoms with Gasteiger partial charge in [-0.15, -0.1) is 10.2 Å². The molecule has 0 radical (unpaired) electrons. The van der Waals surface area contributed by atoms with Crippen molar-refractivity contribution in [3.05, 3.63) is 30.3 Å². The largest absolute Gasteiger partial charge is 0.395 e. The Morgan fingerprint density at radius 3 is 2.54 bits per heavy atom. The lowest BCUT2D eigenvalue weighted by atomic mass is 9.98. The number of benzene rings is 2. The summed E-state index contributed by atoms with van der Waals surface area (Å²) in [6.45, 7) is 0.503. The van der Waals surface area contributed by atoms with Gasteiger partial charge < -0.3 is 15.8 Å². The van der Waals surface area contributed by atoms with E-state index in [4.69, 9.17) is 16.0 Å². The molecule has 5 rings (SSSR count). The second-order valence-corrected chi connectivity index (χ2v) is 11.8. The van der Waals surface area contributed by atoms with E-state index in [0.29, 0.717) is 23.1 Å². The highest BCUT2D eigenvalue weighted by atomic mass is 32.2. The third kappa shape index (κ3) is 3.94. The Kier molecular flexibility index (Phi) is 5.56. The van der Waals surface area contributed by atoms with E-state index in [9.17, 15) is 16.8 Å². The van der Waals surface area contributed by atoms with Gasteiger partial charge in [-0.05, 0) is 22.9 Å². The first-order chi connectivity index (χ1) is 16.6. The van der Waals surface area contributed by atoms with E-state index < -0.39 is 34.9 Å². The Morgan fingerprint density at radius 1 is 1.11 bits per heavy atom. The normalized spacial score (nSPS) is 15.5. The lowest BCUT2D eigenvalue weighted by molar-refractivity contribution is 0.141. The highest BCUT2D eigenvalue weighted by molar-refractivity contribution is 7.94. The Bertz CT molecular complexity index is 1630. The minimum atomic E-state index is -4.60. The summed E-state index contributed by atoms with van der Waals surface area (Å²) in [4.78, 5) is 7.85. The molecule has 1 fully saturated rings. The van der Waals surface area contributed by atoms with Crippen LogP contribution in [0.3, 0.4) is 0 Å². The van der Waals surface area contributed by atoms with Crippen LogP contribution in [0, 0.1) is 0 Å². The Hall–Kier alpha value is -3.44. The van der Waals surface area contributed by atoms with Crippen molar-refractivity contribution in [2.75, 3.05) is 32.0 Å². The number of imidazole rings is 1. The molecule has 0 aliphatic carbocycles. The fraction of sp³-hybridized carbons (Fsp3) is 0.263. The van der Waals surface area contributed by atoms with Gasteiger partial charge in [-0.1, -0.05) is 18.2 Å². The molecule has 2 aromatic carbocycles. The summed E-state index contributed by atoms with van der Waals surface area (Å²) in [5.74, 6) is -0.00560. The van der Waals surface area contributed by atoms with Crippen LogP contribution in [0.2, 0.25) is 0 Å². The molecule has 0 atom stereocenters. The number of hydrogen-bond donors (Lipinski definition) is 5. The number of nitrogens with one attached hydrogen (secondary N) is 2. The summed E-state index contributed by atoms with van der Waals surface area (Å²) < 4.78 is 52.8. The standard InChI is InChI=1S/C19H21N9O5S2/c20-19-22-13-3-1-2-12(16(13)23-19)11-4-5-14(34(30,31)10-8-28(9-10)6-7-29)17(35(21,32)33)15(11)18-24-26-27-25-18/h1-5,10,29H,6-9H2,(H3,20,22,23)(H2,21,32,33)(H,24,25,26,27). The van der Waals surface area contributed by atoms with E-state index in [1.54, 1.807) is 23.1 Å². The van der Waals surface area contributed by atoms with Gasteiger partial charge in [-0.25, -0.2) is 27.0 Å². The van der Waals surface area contributed by atoms with Crippen molar-refractivity contribution < 1.29 is 21.9 Å². The van der Waals surface area contributed by atoms with Crippen LogP contribution in [0.15, 0.2) is 40.1 Å². The first-order valence-corrected chi connectivity index (χ1v) is 13.5. The smallest absolute Gasteiger partial charge is 0.240 e. The molecule has 0 amide bonds. The molecule has 2 aromatic heterocycles. The van der Waals surface area contributed by atoms with E-state index in [1.165, 1.54) is 12.1 Å². The molecule has 0 unspecified atom stereocenters. The fourth-order valence-electron chi connectivity index (χ4n) is 4.28. The van der Waals surface area contributed by atoms with Crippen molar-refractivity contribution in [1.29, 1.82) is 0 Å². The molecule has 14 nitrogen and oxygen atoms in total. The van der Waals surface area contributed by atoms with Crippen molar-refractivity contribution in [2.45, 2.75) is 15.0 Å². The molecule has 35 heavy (non-hydrogen) atoms. The summed E-state index contributed by atoms with van der Waals surface area (Å²) >= 11 is 0. The van der Waals surface area contributed by atoms with Gasteiger partial charge in [-0.2, -0.15) is 5.21 Å². The third-order valence-corrected chi connectivity index (χ3v) is 9.13. The zero-order valence-electron chi connectivity index (χ0n) is 18.1. The van der Waals surface area contributed by atoms with Gasteiger partial charge in [-0.3, -0.25) is 4.90 Å². The number of nitrogens with two attached hydrogens (primary N) is 2. The van der Waals surface area contributed by atoms with Crippen LogP contribution >= 0.6 is 0 Å². The minimum absolute atomic E-state index is 0.116. The van der Waals surface area contributed by atoms with Crippen LogP contribution in [0.4, 0.5) is 5.95 Å². The quantitative estimate of drug-likeness (QED) is 0.201. The molecule has 1 aliphatic rings. The number of nitrogen functional groups attached to an aromatic ring is 1. The number of aliphatic hydroxyl groups is 1. The molecule has 0 bridgehead atoms. The minimum Gasteiger partial charge on any atom is -0.395 e. The van der Waals surface area contributed by atoms with Gasteiger partial charge in [0.2, 0.25) is 15.8 Å². The number of aromatic amines is 2. The van der Waals surface area contributed by atoms with E-state index in [-0.39, 0.29) is 42.6 Å². The predicted octanol–water partition coefficient (Wildman–Crippen LogP) is -0.910. The SMILES string of the molecule is Nc1nc2c(-c3ccc(S(=O)(=O)C4CN(CCO)C4)c(S(N)(=O)=O)c3-c3nn[nH]n3)cccc2[nH]1. The van der Waals surface area contributed by atoms with E-state index >= 15 is 0 Å². The van der Waals surface area contributed by atoms with Gasteiger partial charge in [0.05, 0.1) is 33.3 Å². The topological polar surface area (TPSA) is 227 Å². The van der Waals surface area contributed by atoms with Gasteiger partial charge in [0.1, 0.15) is 4.90 Å². The Labute approximate surface area is 199 Å². The Morgan fingerprint density at radius 2 is 1.89 bits per heavy atom. The number of primary sulfonamides is 1. The molecule has 1 aliphatic heterocycles. The number of sulfonamides is 1. The van der Waals surface area contributed by atoms with Crippen LogP contribution in [0.25, 0.3) is 33.5 Å². The summed E-state index contributed by atoms with van der Waals surface area (Å²) in [6, 6.07) is 7.82.